The topological polar surface area (TPSA) is 97.5 Å². The lowest BCUT2D eigenvalue weighted by atomic mass is 10.0. The first kappa shape index (κ1) is 22.0. The number of nitro groups is 1. The third kappa shape index (κ3) is 8.27. The van der Waals surface area contributed by atoms with Crippen molar-refractivity contribution in [1.82, 2.24) is 0 Å². The molecule has 0 radical (unpaired) electrons. The van der Waals surface area contributed by atoms with E-state index in [-0.39, 0.29) is 17.0 Å². The monoisotopic (exact) mass is 371 g/mol. The summed E-state index contributed by atoms with van der Waals surface area (Å²) in [6, 6.07) is 14.5. The Balaban J connectivity index is 0.000000314. The first-order chi connectivity index (χ1) is 13.0. The van der Waals surface area contributed by atoms with E-state index in [1.54, 1.807) is 42.5 Å². The van der Waals surface area contributed by atoms with Crippen LogP contribution >= 0.6 is 0 Å². The molecule has 6 nitrogen and oxygen atoms in total. The van der Waals surface area contributed by atoms with Crippen molar-refractivity contribution in [1.29, 1.82) is 0 Å². The third-order valence-corrected chi connectivity index (χ3v) is 3.88. The Bertz CT molecular complexity index is 743. The molecule has 0 fully saturated rings. The van der Waals surface area contributed by atoms with Crippen molar-refractivity contribution in [2.45, 2.75) is 45.4 Å². The number of carboxylic acid groups (broad SMARTS) is 1. The highest BCUT2D eigenvalue weighted by atomic mass is 16.6. The lowest BCUT2D eigenvalue weighted by molar-refractivity contribution is -0.385. The van der Waals surface area contributed by atoms with Crippen molar-refractivity contribution in [3.05, 3.63) is 75.8 Å². The van der Waals surface area contributed by atoms with Crippen LogP contribution in [0.25, 0.3) is 0 Å². The molecule has 0 saturated carbocycles. The molecule has 0 amide bonds. The second kappa shape index (κ2) is 12.4. The van der Waals surface area contributed by atoms with E-state index in [0.29, 0.717) is 12.0 Å². The number of nitro benzene ring substituents is 1. The Morgan fingerprint density at radius 3 is 2.11 bits per heavy atom. The number of benzene rings is 2. The lowest BCUT2D eigenvalue weighted by Crippen LogP contribution is -2.04. The van der Waals surface area contributed by atoms with Crippen LogP contribution in [0.2, 0.25) is 0 Å². The van der Waals surface area contributed by atoms with Gasteiger partial charge in [-0.3, -0.25) is 19.7 Å². The molecule has 0 aliphatic heterocycles. The summed E-state index contributed by atoms with van der Waals surface area (Å²) in [4.78, 5) is 32.4. The zero-order valence-corrected chi connectivity index (χ0v) is 15.5. The van der Waals surface area contributed by atoms with Crippen molar-refractivity contribution < 1.29 is 19.6 Å². The van der Waals surface area contributed by atoms with E-state index >= 15 is 0 Å². The minimum absolute atomic E-state index is 0.115. The zero-order valence-electron chi connectivity index (χ0n) is 15.5. The average molecular weight is 371 g/mol. The van der Waals surface area contributed by atoms with Gasteiger partial charge < -0.3 is 5.11 Å². The van der Waals surface area contributed by atoms with Crippen LogP contribution in [0.1, 0.15) is 61.4 Å². The van der Waals surface area contributed by atoms with Gasteiger partial charge in [0.2, 0.25) is 0 Å². The van der Waals surface area contributed by atoms with E-state index in [0.717, 1.165) is 12.8 Å². The van der Waals surface area contributed by atoms with Crippen LogP contribution in [0.5, 0.6) is 0 Å². The smallest absolute Gasteiger partial charge is 0.303 e. The Hall–Kier alpha value is -3.02. The molecule has 0 unspecified atom stereocenters. The fraction of sp³-hybridized carbons (Fsp3) is 0.333. The molecule has 0 spiro atoms. The summed E-state index contributed by atoms with van der Waals surface area (Å²) < 4.78 is 0. The number of para-hydroxylation sites is 1. The summed E-state index contributed by atoms with van der Waals surface area (Å²) in [5.41, 5.74) is 0.395. The second-order valence-electron chi connectivity index (χ2n) is 6.03. The second-order valence-corrected chi connectivity index (χ2v) is 6.03. The molecule has 2 aromatic rings. The first-order valence-electron chi connectivity index (χ1n) is 9.02. The lowest BCUT2D eigenvalue weighted by Gasteiger charge is -2.01. The van der Waals surface area contributed by atoms with Gasteiger partial charge in [-0.05, 0) is 12.5 Å². The minimum Gasteiger partial charge on any atom is -0.481 e. The molecule has 0 aliphatic rings. The van der Waals surface area contributed by atoms with Gasteiger partial charge in [-0.25, -0.2) is 0 Å². The number of ketones is 1. The normalized spacial score (nSPS) is 9.81. The Morgan fingerprint density at radius 2 is 1.52 bits per heavy atom. The van der Waals surface area contributed by atoms with Crippen molar-refractivity contribution >= 4 is 17.4 Å². The van der Waals surface area contributed by atoms with E-state index < -0.39 is 10.9 Å². The van der Waals surface area contributed by atoms with E-state index in [1.807, 2.05) is 0 Å². The summed E-state index contributed by atoms with van der Waals surface area (Å²) in [7, 11) is 0. The number of nitrogens with zero attached hydrogens (tertiary/aromatic N) is 1. The molecular formula is C21H25NO5. The van der Waals surface area contributed by atoms with Gasteiger partial charge in [0.1, 0.15) is 5.56 Å². The quantitative estimate of drug-likeness (QED) is 0.281. The fourth-order valence-electron chi connectivity index (χ4n) is 2.45. The molecule has 0 bridgehead atoms. The van der Waals surface area contributed by atoms with Crippen molar-refractivity contribution in [3.8, 4) is 0 Å². The van der Waals surface area contributed by atoms with E-state index in [9.17, 15) is 19.7 Å². The number of carboxylic acids is 1. The van der Waals surface area contributed by atoms with Gasteiger partial charge in [-0.15, -0.1) is 0 Å². The summed E-state index contributed by atoms with van der Waals surface area (Å²) in [5, 5.41) is 19.1. The number of unbranched alkanes of at least 4 members (excludes halogenated alkanes) is 4. The summed E-state index contributed by atoms with van der Waals surface area (Å²) in [6.45, 7) is 2.15. The molecule has 2 rings (SSSR count). The van der Waals surface area contributed by atoms with E-state index in [1.165, 1.54) is 31.4 Å². The maximum Gasteiger partial charge on any atom is 0.303 e. The summed E-state index contributed by atoms with van der Waals surface area (Å²) in [5.74, 6) is -1.01. The molecule has 0 heterocycles. The Labute approximate surface area is 159 Å². The van der Waals surface area contributed by atoms with Crippen LogP contribution in [0.4, 0.5) is 5.69 Å². The first-order valence-corrected chi connectivity index (χ1v) is 9.02. The third-order valence-electron chi connectivity index (χ3n) is 3.88. The van der Waals surface area contributed by atoms with Gasteiger partial charge in [0.05, 0.1) is 4.92 Å². The molecular weight excluding hydrogens is 346 g/mol. The SMILES string of the molecule is CCCCCCCC(=O)O.O=C(c1ccccc1)c1ccccc1[N+](=O)[O-]. The van der Waals surface area contributed by atoms with E-state index in [2.05, 4.69) is 6.92 Å². The molecule has 27 heavy (non-hydrogen) atoms. The van der Waals surface area contributed by atoms with Gasteiger partial charge in [0.15, 0.2) is 5.78 Å². The molecule has 0 aromatic heterocycles. The number of hydrogen-bond donors (Lipinski definition) is 1. The predicted octanol–water partition coefficient (Wildman–Crippen LogP) is 5.26. The van der Waals surface area contributed by atoms with Crippen molar-refractivity contribution in [3.63, 3.8) is 0 Å². The molecule has 1 N–H and O–H groups in total. The van der Waals surface area contributed by atoms with Crippen molar-refractivity contribution in [2.75, 3.05) is 0 Å². The highest BCUT2D eigenvalue weighted by molar-refractivity contribution is 6.11. The van der Waals surface area contributed by atoms with Crippen LogP contribution in [-0.4, -0.2) is 21.8 Å². The standard InChI is InChI=1S/C13H9NO3.C8H16O2/c15-13(10-6-2-1-3-7-10)11-8-4-5-9-12(11)14(16)17;1-2-3-4-5-6-7-8(9)10/h1-9H;2-7H2,1H3,(H,9,10). The Morgan fingerprint density at radius 1 is 0.926 bits per heavy atom. The maximum absolute atomic E-state index is 12.1. The summed E-state index contributed by atoms with van der Waals surface area (Å²) in [6.07, 6.45) is 5.88. The Kier molecular flexibility index (Phi) is 10.1. The number of hydrogen-bond acceptors (Lipinski definition) is 4. The van der Waals surface area contributed by atoms with Crippen LogP contribution < -0.4 is 0 Å². The van der Waals surface area contributed by atoms with E-state index in [4.69, 9.17) is 5.11 Å². The minimum atomic E-state index is -0.670. The van der Waals surface area contributed by atoms with Crippen molar-refractivity contribution in [2.24, 2.45) is 0 Å². The molecule has 144 valence electrons. The molecule has 0 atom stereocenters. The predicted molar refractivity (Wildman–Crippen MR) is 104 cm³/mol. The number of carbonyl (C=O) groups excluding carboxylic acids is 1. The highest BCUT2D eigenvalue weighted by Gasteiger charge is 2.19. The van der Waals surface area contributed by atoms with Crippen LogP contribution in [0.3, 0.4) is 0 Å². The largest absolute Gasteiger partial charge is 0.481 e. The van der Waals surface area contributed by atoms with Crippen LogP contribution in [0.15, 0.2) is 54.6 Å². The maximum atomic E-state index is 12.1. The average Bonchev–Trinajstić information content (AvgIpc) is 2.68. The number of aliphatic carboxylic acids is 1. The van der Waals surface area contributed by atoms with Gasteiger partial charge in [0.25, 0.3) is 5.69 Å². The molecule has 0 saturated heterocycles. The zero-order chi connectivity index (χ0) is 20.1. The number of carbonyl (C=O) groups is 2. The molecule has 2 aromatic carbocycles. The summed E-state index contributed by atoms with van der Waals surface area (Å²) >= 11 is 0. The van der Waals surface area contributed by atoms with Gasteiger partial charge in [-0.2, -0.15) is 0 Å². The number of rotatable bonds is 9. The van der Waals surface area contributed by atoms with Crippen LogP contribution in [0, 0.1) is 10.1 Å². The van der Waals surface area contributed by atoms with Gasteiger partial charge in [-0.1, -0.05) is 75.1 Å². The van der Waals surface area contributed by atoms with Crippen LogP contribution in [-0.2, 0) is 4.79 Å². The highest BCUT2D eigenvalue weighted by Crippen LogP contribution is 2.20. The van der Waals surface area contributed by atoms with Gasteiger partial charge >= 0.3 is 5.97 Å². The fourth-order valence-corrected chi connectivity index (χ4v) is 2.45. The molecule has 6 heteroatoms. The molecule has 0 aliphatic carbocycles. The van der Waals surface area contributed by atoms with Gasteiger partial charge in [0, 0.05) is 18.1 Å².